The van der Waals surface area contributed by atoms with Crippen LogP contribution in [0.3, 0.4) is 0 Å². The number of hydrogen-bond donors (Lipinski definition) is 2. The van der Waals surface area contributed by atoms with Gasteiger partial charge in [0.15, 0.2) is 5.69 Å². The van der Waals surface area contributed by atoms with Crippen LogP contribution in [-0.2, 0) is 0 Å². The van der Waals surface area contributed by atoms with E-state index in [4.69, 9.17) is 16.6 Å². The molecule has 182 valence electrons. The summed E-state index contributed by atoms with van der Waals surface area (Å²) < 4.78 is 29.4. The van der Waals surface area contributed by atoms with E-state index >= 15 is 0 Å². The van der Waals surface area contributed by atoms with Crippen LogP contribution in [0, 0.1) is 6.92 Å². The van der Waals surface area contributed by atoms with Gasteiger partial charge in [0.05, 0.1) is 29.0 Å². The molecule has 0 saturated carbocycles. The van der Waals surface area contributed by atoms with Crippen LogP contribution in [0.2, 0.25) is 5.15 Å². The number of aromatic carboxylic acids is 1. The molecular formula is C24H23ClF2N6O2. The van der Waals surface area contributed by atoms with Gasteiger partial charge in [-0.15, -0.1) is 0 Å². The quantitative estimate of drug-likeness (QED) is 0.357. The SMILES string of the molecule is Cc1cc([C@@H](C)Nc2ccc(Cl)nc2C(=O)O)c2nc(N3CCC(F)(F)CC3)n3cncc3c2c1. The summed E-state index contributed by atoms with van der Waals surface area (Å²) in [6.45, 7) is 4.24. The van der Waals surface area contributed by atoms with Gasteiger partial charge in [-0.2, -0.15) is 0 Å². The monoisotopic (exact) mass is 500 g/mol. The van der Waals surface area contributed by atoms with Gasteiger partial charge in [0.2, 0.25) is 5.95 Å². The average molecular weight is 501 g/mol. The number of carboxylic acids is 1. The fourth-order valence-electron chi connectivity index (χ4n) is 4.55. The lowest BCUT2D eigenvalue weighted by atomic mass is 10.00. The predicted octanol–water partition coefficient (Wildman–Crippen LogP) is 5.35. The lowest BCUT2D eigenvalue weighted by molar-refractivity contribution is -0.0222. The second-order valence-electron chi connectivity index (χ2n) is 8.86. The van der Waals surface area contributed by atoms with Crippen molar-refractivity contribution >= 4 is 45.6 Å². The molecule has 0 unspecified atom stereocenters. The topological polar surface area (TPSA) is 95.6 Å². The first-order chi connectivity index (χ1) is 16.6. The molecule has 2 N–H and O–H groups in total. The van der Waals surface area contributed by atoms with E-state index < -0.39 is 11.9 Å². The molecule has 0 aliphatic carbocycles. The number of nitrogens with zero attached hydrogens (tertiary/aromatic N) is 5. The zero-order chi connectivity index (χ0) is 24.9. The van der Waals surface area contributed by atoms with Crippen LogP contribution in [0.1, 0.15) is 47.4 Å². The van der Waals surface area contributed by atoms with Crippen LogP contribution in [0.5, 0.6) is 0 Å². The van der Waals surface area contributed by atoms with E-state index in [-0.39, 0.29) is 42.8 Å². The van der Waals surface area contributed by atoms with Gasteiger partial charge in [-0.1, -0.05) is 17.7 Å². The highest BCUT2D eigenvalue weighted by Crippen LogP contribution is 2.35. The highest BCUT2D eigenvalue weighted by molar-refractivity contribution is 6.29. The van der Waals surface area contributed by atoms with Gasteiger partial charge in [0.1, 0.15) is 11.5 Å². The number of hydrogen-bond acceptors (Lipinski definition) is 6. The lowest BCUT2D eigenvalue weighted by Gasteiger charge is -2.33. The maximum atomic E-state index is 13.8. The molecule has 1 fully saturated rings. The number of imidazole rings is 1. The smallest absolute Gasteiger partial charge is 0.356 e. The van der Waals surface area contributed by atoms with E-state index in [1.165, 1.54) is 6.07 Å². The molecule has 1 atom stereocenters. The first kappa shape index (κ1) is 23.2. The number of fused-ring (bicyclic) bond motifs is 3. The minimum absolute atomic E-state index is 0.0863. The summed E-state index contributed by atoms with van der Waals surface area (Å²) in [6, 6.07) is 6.74. The van der Waals surface area contributed by atoms with Crippen molar-refractivity contribution in [1.82, 2.24) is 19.4 Å². The molecule has 3 aromatic heterocycles. The highest BCUT2D eigenvalue weighted by atomic mass is 35.5. The number of benzene rings is 1. The Labute approximate surface area is 204 Å². The molecule has 1 saturated heterocycles. The lowest BCUT2D eigenvalue weighted by Crippen LogP contribution is -2.40. The summed E-state index contributed by atoms with van der Waals surface area (Å²) in [5, 5.41) is 13.7. The Bertz CT molecular complexity index is 1450. The summed E-state index contributed by atoms with van der Waals surface area (Å²) in [4.78, 5) is 26.7. The first-order valence-electron chi connectivity index (χ1n) is 11.2. The molecule has 1 aliphatic rings. The number of piperidine rings is 1. The second kappa shape index (κ2) is 8.60. The van der Waals surface area contributed by atoms with Gasteiger partial charge in [-0.05, 0) is 37.6 Å². The molecule has 0 spiro atoms. The van der Waals surface area contributed by atoms with Crippen molar-refractivity contribution in [2.75, 3.05) is 23.3 Å². The number of carboxylic acid groups (broad SMARTS) is 1. The summed E-state index contributed by atoms with van der Waals surface area (Å²) in [5.41, 5.74) is 3.48. The average Bonchev–Trinajstić information content (AvgIpc) is 3.30. The van der Waals surface area contributed by atoms with Crippen molar-refractivity contribution in [2.45, 2.75) is 38.7 Å². The van der Waals surface area contributed by atoms with E-state index in [9.17, 15) is 18.7 Å². The van der Waals surface area contributed by atoms with Gasteiger partial charge < -0.3 is 15.3 Å². The zero-order valence-electron chi connectivity index (χ0n) is 19.1. The maximum Gasteiger partial charge on any atom is 0.356 e. The Morgan fingerprint density at radius 3 is 2.69 bits per heavy atom. The van der Waals surface area contributed by atoms with Crippen molar-refractivity contribution in [3.05, 3.63) is 58.8 Å². The number of halogens is 3. The molecule has 0 bridgehead atoms. The van der Waals surface area contributed by atoms with E-state index in [2.05, 4.69) is 15.3 Å². The Hall–Kier alpha value is -3.53. The van der Waals surface area contributed by atoms with Crippen LogP contribution in [-0.4, -0.2) is 49.4 Å². The third-order valence-electron chi connectivity index (χ3n) is 6.31. The number of alkyl halides is 2. The van der Waals surface area contributed by atoms with Crippen LogP contribution < -0.4 is 10.2 Å². The summed E-state index contributed by atoms with van der Waals surface area (Å²) in [7, 11) is 0. The molecular weight excluding hydrogens is 478 g/mol. The Balaban J connectivity index is 1.62. The molecule has 4 aromatic rings. The highest BCUT2D eigenvalue weighted by Gasteiger charge is 2.35. The van der Waals surface area contributed by atoms with Crippen LogP contribution >= 0.6 is 11.6 Å². The normalized spacial score (nSPS) is 16.5. The molecule has 0 radical (unpaired) electrons. The molecule has 1 aromatic carbocycles. The van der Waals surface area contributed by atoms with Gasteiger partial charge in [0, 0.05) is 36.9 Å². The number of pyridine rings is 1. The van der Waals surface area contributed by atoms with E-state index in [1.807, 2.05) is 35.3 Å². The van der Waals surface area contributed by atoms with Gasteiger partial charge in [-0.3, -0.25) is 4.40 Å². The summed E-state index contributed by atoms with van der Waals surface area (Å²) >= 11 is 5.89. The predicted molar refractivity (Wildman–Crippen MR) is 130 cm³/mol. The van der Waals surface area contributed by atoms with Crippen LogP contribution in [0.15, 0.2) is 36.8 Å². The molecule has 8 nitrogen and oxygen atoms in total. The van der Waals surface area contributed by atoms with Crippen molar-refractivity contribution in [2.24, 2.45) is 0 Å². The zero-order valence-corrected chi connectivity index (χ0v) is 19.9. The van der Waals surface area contributed by atoms with Gasteiger partial charge in [-0.25, -0.2) is 28.5 Å². The number of aryl methyl sites for hydroxylation is 1. The largest absolute Gasteiger partial charge is 0.476 e. The molecule has 4 heterocycles. The number of carbonyl (C=O) groups is 1. The van der Waals surface area contributed by atoms with E-state index in [1.54, 1.807) is 18.6 Å². The minimum Gasteiger partial charge on any atom is -0.476 e. The number of nitrogens with one attached hydrogen (secondary N) is 1. The first-order valence-corrected chi connectivity index (χ1v) is 11.6. The molecule has 0 amide bonds. The Kier molecular flexibility index (Phi) is 5.71. The van der Waals surface area contributed by atoms with Gasteiger partial charge in [0.25, 0.3) is 5.92 Å². The standard InChI is InChI=1S/C24H23ClF2N6O2/c1-13-9-15(14(2)29-17-3-4-19(25)30-21(17)22(34)35)20-16(10-13)18-11-28-12-33(18)23(31-20)32-7-5-24(26,27)6-8-32/h3-4,9-12,14,29H,5-8H2,1-2H3,(H,34,35)/t14-/m1/s1. The molecule has 11 heteroatoms. The Morgan fingerprint density at radius 1 is 1.23 bits per heavy atom. The van der Waals surface area contributed by atoms with Gasteiger partial charge >= 0.3 is 5.97 Å². The maximum absolute atomic E-state index is 13.8. The molecule has 1 aliphatic heterocycles. The van der Waals surface area contributed by atoms with Crippen molar-refractivity contribution in [3.63, 3.8) is 0 Å². The molecule has 5 rings (SSSR count). The number of anilines is 2. The van der Waals surface area contributed by atoms with Crippen molar-refractivity contribution in [3.8, 4) is 0 Å². The number of aromatic nitrogens is 4. The second-order valence-corrected chi connectivity index (χ2v) is 9.24. The van der Waals surface area contributed by atoms with Crippen LogP contribution in [0.4, 0.5) is 20.4 Å². The Morgan fingerprint density at radius 2 is 1.97 bits per heavy atom. The van der Waals surface area contributed by atoms with Crippen LogP contribution in [0.25, 0.3) is 16.4 Å². The fraction of sp³-hybridized carbons (Fsp3) is 0.333. The third kappa shape index (κ3) is 4.34. The molecule has 35 heavy (non-hydrogen) atoms. The summed E-state index contributed by atoms with van der Waals surface area (Å²) in [5.74, 6) is -3.31. The van der Waals surface area contributed by atoms with Crippen molar-refractivity contribution in [1.29, 1.82) is 0 Å². The van der Waals surface area contributed by atoms with E-state index in [0.29, 0.717) is 17.2 Å². The fourth-order valence-corrected chi connectivity index (χ4v) is 4.69. The van der Waals surface area contributed by atoms with Crippen molar-refractivity contribution < 1.29 is 18.7 Å². The number of rotatable bonds is 5. The van der Waals surface area contributed by atoms with E-state index in [0.717, 1.165) is 22.0 Å². The minimum atomic E-state index is -2.67. The summed E-state index contributed by atoms with van der Waals surface area (Å²) in [6.07, 6.45) is 2.91. The third-order valence-corrected chi connectivity index (χ3v) is 6.52.